The van der Waals surface area contributed by atoms with Gasteiger partial charge >= 0.3 is 6.18 Å². The summed E-state index contributed by atoms with van der Waals surface area (Å²) in [4.78, 5) is 30.8. The Bertz CT molecular complexity index is 1110. The van der Waals surface area contributed by atoms with Crippen molar-refractivity contribution >= 4 is 17.6 Å². The van der Waals surface area contributed by atoms with Crippen LogP contribution in [0.15, 0.2) is 24.3 Å². The molecule has 0 fully saturated rings. The fraction of sp³-hybridized carbons (Fsp3) is 0.316. The minimum absolute atomic E-state index is 0.120. The number of benzene rings is 1. The lowest BCUT2D eigenvalue weighted by atomic mass is 10.1. The van der Waals surface area contributed by atoms with Gasteiger partial charge in [-0.3, -0.25) is 9.59 Å². The van der Waals surface area contributed by atoms with Gasteiger partial charge in [0.1, 0.15) is 0 Å². The Balaban J connectivity index is 1.66. The molecule has 0 bridgehead atoms. The molecule has 0 aliphatic heterocycles. The topological polar surface area (TPSA) is 115 Å². The average molecular weight is 420 g/mol. The number of nitrogens with one attached hydrogen (secondary N) is 1. The van der Waals surface area contributed by atoms with Crippen molar-refractivity contribution in [3.8, 4) is 0 Å². The highest BCUT2D eigenvalue weighted by molar-refractivity contribution is 5.92. The molecule has 2 aromatic heterocycles. The molecule has 3 rings (SSSR count). The first kappa shape index (κ1) is 21.2. The van der Waals surface area contributed by atoms with E-state index in [2.05, 4.69) is 20.4 Å². The summed E-state index contributed by atoms with van der Waals surface area (Å²) >= 11 is 0. The summed E-state index contributed by atoms with van der Waals surface area (Å²) in [6.07, 6.45) is -4.26. The van der Waals surface area contributed by atoms with Crippen LogP contribution in [0.4, 0.5) is 13.2 Å². The van der Waals surface area contributed by atoms with Gasteiger partial charge in [-0.2, -0.15) is 18.2 Å². The van der Waals surface area contributed by atoms with Gasteiger partial charge < -0.3 is 11.1 Å². The molecular formula is C19H19F3N6O2. The number of hydrogen-bond donors (Lipinski definition) is 2. The molecule has 158 valence electrons. The van der Waals surface area contributed by atoms with Crippen molar-refractivity contribution in [2.45, 2.75) is 39.4 Å². The predicted molar refractivity (Wildman–Crippen MR) is 100 cm³/mol. The van der Waals surface area contributed by atoms with E-state index < -0.39 is 17.9 Å². The maximum Gasteiger partial charge on any atom is 0.453 e. The third kappa shape index (κ3) is 4.56. The van der Waals surface area contributed by atoms with E-state index in [0.29, 0.717) is 22.5 Å². The number of carbonyl (C=O) groups excluding carboxylic acids is 2. The zero-order valence-corrected chi connectivity index (χ0v) is 16.2. The predicted octanol–water partition coefficient (Wildman–Crippen LogP) is 2.11. The molecule has 0 radical (unpaired) electrons. The van der Waals surface area contributed by atoms with Crippen molar-refractivity contribution in [2.24, 2.45) is 5.73 Å². The number of carbonyl (C=O) groups is 2. The Morgan fingerprint density at radius 2 is 1.80 bits per heavy atom. The number of hydrogen-bond acceptors (Lipinski definition) is 5. The SMILES string of the molecule is Cc1nc2nc(C(F)(F)F)nn2c(C)c1CCC(=O)NCc1ccc(C(N)=O)cc1. The van der Waals surface area contributed by atoms with Crippen LogP contribution in [-0.4, -0.2) is 31.4 Å². The highest BCUT2D eigenvalue weighted by Gasteiger charge is 2.36. The number of primary amides is 1. The smallest absolute Gasteiger partial charge is 0.366 e. The molecule has 2 heterocycles. The summed E-state index contributed by atoms with van der Waals surface area (Å²) in [5, 5.41) is 6.25. The molecule has 8 nitrogen and oxygen atoms in total. The third-order valence-corrected chi connectivity index (χ3v) is 4.63. The van der Waals surface area contributed by atoms with Crippen molar-refractivity contribution in [2.75, 3.05) is 0 Å². The van der Waals surface area contributed by atoms with Crippen molar-refractivity contribution in [1.29, 1.82) is 0 Å². The molecule has 1 aromatic carbocycles. The Morgan fingerprint density at radius 3 is 2.40 bits per heavy atom. The molecule has 0 saturated heterocycles. The van der Waals surface area contributed by atoms with Gasteiger partial charge in [0, 0.05) is 29.9 Å². The van der Waals surface area contributed by atoms with E-state index in [1.54, 1.807) is 38.1 Å². The van der Waals surface area contributed by atoms with Crippen molar-refractivity contribution in [3.63, 3.8) is 0 Å². The van der Waals surface area contributed by atoms with Crippen LogP contribution >= 0.6 is 0 Å². The molecule has 2 amide bonds. The number of rotatable bonds is 6. The van der Waals surface area contributed by atoms with Gasteiger partial charge in [0.25, 0.3) is 11.6 Å². The van der Waals surface area contributed by atoms with Gasteiger partial charge in [0.05, 0.1) is 0 Å². The van der Waals surface area contributed by atoms with E-state index >= 15 is 0 Å². The number of aryl methyl sites for hydroxylation is 2. The molecule has 3 aromatic rings. The summed E-state index contributed by atoms with van der Waals surface area (Å²) in [6.45, 7) is 3.54. The molecule has 0 atom stereocenters. The van der Waals surface area contributed by atoms with Gasteiger partial charge in [-0.25, -0.2) is 9.50 Å². The summed E-state index contributed by atoms with van der Waals surface area (Å²) < 4.78 is 39.6. The summed E-state index contributed by atoms with van der Waals surface area (Å²) in [7, 11) is 0. The number of nitrogens with two attached hydrogens (primary N) is 1. The fourth-order valence-corrected chi connectivity index (χ4v) is 3.00. The second kappa shape index (κ2) is 8.09. The quantitative estimate of drug-likeness (QED) is 0.634. The molecule has 0 unspecified atom stereocenters. The second-order valence-corrected chi connectivity index (χ2v) is 6.74. The zero-order chi connectivity index (χ0) is 22.1. The largest absolute Gasteiger partial charge is 0.453 e. The maximum absolute atomic E-state index is 12.9. The van der Waals surface area contributed by atoms with E-state index in [1.165, 1.54) is 0 Å². The summed E-state index contributed by atoms with van der Waals surface area (Å²) in [5.74, 6) is -2.15. The van der Waals surface area contributed by atoms with Crippen molar-refractivity contribution < 1.29 is 22.8 Å². The third-order valence-electron chi connectivity index (χ3n) is 4.63. The Hall–Kier alpha value is -3.50. The number of aromatic nitrogens is 4. The highest BCUT2D eigenvalue weighted by atomic mass is 19.4. The normalized spacial score (nSPS) is 11.6. The molecule has 0 saturated carbocycles. The second-order valence-electron chi connectivity index (χ2n) is 6.74. The minimum atomic E-state index is -4.66. The standard InChI is InChI=1S/C19H19F3N6O2/c1-10-14(11(2)28-18(25-10)26-17(27-28)19(20,21)22)7-8-15(29)24-9-12-3-5-13(6-4-12)16(23)30/h3-6H,7-9H2,1-2H3,(H2,23,30)(H,24,29). The first-order valence-corrected chi connectivity index (χ1v) is 9.01. The van der Waals surface area contributed by atoms with Crippen LogP contribution in [-0.2, 0) is 23.9 Å². The van der Waals surface area contributed by atoms with Crippen LogP contribution in [0.25, 0.3) is 5.78 Å². The number of alkyl halides is 3. The first-order valence-electron chi connectivity index (χ1n) is 9.01. The molecule has 30 heavy (non-hydrogen) atoms. The van der Waals surface area contributed by atoms with Crippen LogP contribution in [0.2, 0.25) is 0 Å². The van der Waals surface area contributed by atoms with E-state index in [9.17, 15) is 22.8 Å². The van der Waals surface area contributed by atoms with E-state index in [4.69, 9.17) is 5.73 Å². The van der Waals surface area contributed by atoms with Gasteiger partial charge in [0.2, 0.25) is 11.8 Å². The molecule has 0 aliphatic carbocycles. The van der Waals surface area contributed by atoms with Gasteiger partial charge in [0.15, 0.2) is 0 Å². The van der Waals surface area contributed by atoms with E-state index in [0.717, 1.165) is 10.1 Å². The van der Waals surface area contributed by atoms with Crippen molar-refractivity contribution in [3.05, 3.63) is 58.2 Å². The van der Waals surface area contributed by atoms with Gasteiger partial charge in [-0.05, 0) is 43.5 Å². The minimum Gasteiger partial charge on any atom is -0.366 e. The summed E-state index contributed by atoms with van der Waals surface area (Å²) in [6, 6.07) is 6.53. The van der Waals surface area contributed by atoms with Crippen LogP contribution in [0.1, 0.15) is 45.1 Å². The Kier molecular flexibility index (Phi) is 5.72. The maximum atomic E-state index is 12.9. The fourth-order valence-electron chi connectivity index (χ4n) is 3.00. The lowest BCUT2D eigenvalue weighted by Crippen LogP contribution is -2.23. The van der Waals surface area contributed by atoms with Crippen LogP contribution in [0.3, 0.4) is 0 Å². The monoisotopic (exact) mass is 420 g/mol. The zero-order valence-electron chi connectivity index (χ0n) is 16.2. The van der Waals surface area contributed by atoms with Crippen LogP contribution in [0, 0.1) is 13.8 Å². The summed E-state index contributed by atoms with van der Waals surface area (Å²) in [5.41, 5.74) is 7.95. The number of nitrogens with zero attached hydrogens (tertiary/aromatic N) is 4. The van der Waals surface area contributed by atoms with E-state index in [-0.39, 0.29) is 31.1 Å². The Morgan fingerprint density at radius 1 is 1.13 bits per heavy atom. The highest BCUT2D eigenvalue weighted by Crippen LogP contribution is 2.27. The van der Waals surface area contributed by atoms with Gasteiger partial charge in [-0.1, -0.05) is 12.1 Å². The number of halogens is 3. The first-order chi connectivity index (χ1) is 14.1. The average Bonchev–Trinajstić information content (AvgIpc) is 3.11. The number of amides is 2. The Labute approximate surface area is 169 Å². The molecule has 0 spiro atoms. The molecule has 3 N–H and O–H groups in total. The molecular weight excluding hydrogens is 401 g/mol. The lowest BCUT2D eigenvalue weighted by molar-refractivity contribution is -0.144. The van der Waals surface area contributed by atoms with Crippen LogP contribution in [0.5, 0.6) is 0 Å². The van der Waals surface area contributed by atoms with Gasteiger partial charge in [-0.15, -0.1) is 5.10 Å². The van der Waals surface area contributed by atoms with E-state index in [1.807, 2.05) is 0 Å². The molecule has 0 aliphatic rings. The van der Waals surface area contributed by atoms with Crippen LogP contribution < -0.4 is 11.1 Å². The number of fused-ring (bicyclic) bond motifs is 1. The molecule has 11 heteroatoms. The lowest BCUT2D eigenvalue weighted by Gasteiger charge is -2.10. The van der Waals surface area contributed by atoms with Crippen molar-refractivity contribution in [1.82, 2.24) is 24.9 Å².